The van der Waals surface area contributed by atoms with Crippen molar-refractivity contribution in [3.63, 3.8) is 0 Å². The van der Waals surface area contributed by atoms with Crippen molar-refractivity contribution in [2.24, 2.45) is 0 Å². The van der Waals surface area contributed by atoms with Gasteiger partial charge in [0, 0.05) is 35.6 Å². The monoisotopic (exact) mass is 424 g/mol. The second kappa shape index (κ2) is 8.91. The Hall–Kier alpha value is -3.16. The van der Waals surface area contributed by atoms with Gasteiger partial charge in [0.25, 0.3) is 5.56 Å². The average Bonchev–Trinajstić information content (AvgIpc) is 3.23. The minimum atomic E-state index is -0.367. The molecule has 0 radical (unpaired) electrons. The summed E-state index contributed by atoms with van der Waals surface area (Å²) in [6, 6.07) is 6.71. The molecule has 0 atom stereocenters. The van der Waals surface area contributed by atoms with Crippen LogP contribution in [0.15, 0.2) is 33.9 Å². The van der Waals surface area contributed by atoms with Crippen LogP contribution in [0.5, 0.6) is 0 Å². The molecule has 164 valence electrons. The number of rotatable bonds is 5. The number of anilines is 2. The van der Waals surface area contributed by atoms with Gasteiger partial charge in [-0.1, -0.05) is 19.3 Å². The van der Waals surface area contributed by atoms with Crippen molar-refractivity contribution < 1.29 is 9.59 Å². The molecular weight excluding hydrogens is 396 g/mol. The average molecular weight is 425 g/mol. The molecule has 2 amide bonds. The molecule has 2 aliphatic carbocycles. The Bertz CT molecular complexity index is 1110. The molecule has 0 spiro atoms. The number of hydrogen-bond donors (Lipinski definition) is 2. The summed E-state index contributed by atoms with van der Waals surface area (Å²) in [5.41, 5.74) is 2.09. The van der Waals surface area contributed by atoms with E-state index in [1.54, 1.807) is 24.3 Å². The summed E-state index contributed by atoms with van der Waals surface area (Å²) in [5, 5.41) is 5.48. The number of fused-ring (bicyclic) bond motifs is 1. The second-order valence-corrected chi connectivity index (χ2v) is 8.42. The first-order valence-corrected chi connectivity index (χ1v) is 11.0. The maximum atomic E-state index is 13.3. The molecule has 1 saturated carbocycles. The molecule has 2 aliphatic rings. The Kier molecular flexibility index (Phi) is 6.06. The quantitative estimate of drug-likeness (QED) is 0.770. The van der Waals surface area contributed by atoms with Crippen LogP contribution in [0.2, 0.25) is 0 Å². The summed E-state index contributed by atoms with van der Waals surface area (Å²) in [6.45, 7) is 1.31. The van der Waals surface area contributed by atoms with Gasteiger partial charge in [-0.2, -0.15) is 0 Å². The van der Waals surface area contributed by atoms with Crippen molar-refractivity contribution in [3.05, 3.63) is 56.4 Å². The third kappa shape index (κ3) is 4.47. The first kappa shape index (κ1) is 21.1. The van der Waals surface area contributed by atoms with Gasteiger partial charge >= 0.3 is 5.69 Å². The van der Waals surface area contributed by atoms with Crippen LogP contribution in [0, 0.1) is 0 Å². The van der Waals surface area contributed by atoms with Gasteiger partial charge in [-0.3, -0.25) is 23.5 Å². The number of carbonyl (C=O) groups is 2. The number of benzene rings is 1. The summed E-state index contributed by atoms with van der Waals surface area (Å²) in [4.78, 5) is 50.2. The minimum Gasteiger partial charge on any atom is -0.326 e. The van der Waals surface area contributed by atoms with Crippen molar-refractivity contribution >= 4 is 23.2 Å². The standard InChI is InChI=1S/C23H28N4O4/c1-15(28)24-16-10-12-17(13-11-16)25-21(29)14-26-20-9-5-8-19(20)22(30)27(23(26)31)18-6-3-2-4-7-18/h10-13,18H,2-9,14H2,1H3,(H,24,28)(H,25,29). The van der Waals surface area contributed by atoms with E-state index in [0.717, 1.165) is 38.5 Å². The smallest absolute Gasteiger partial charge is 0.326 e. The lowest BCUT2D eigenvalue weighted by Crippen LogP contribution is -2.46. The van der Waals surface area contributed by atoms with Gasteiger partial charge in [-0.15, -0.1) is 0 Å². The van der Waals surface area contributed by atoms with Crippen molar-refractivity contribution in [1.29, 1.82) is 0 Å². The molecule has 2 N–H and O–H groups in total. The van der Waals surface area contributed by atoms with Gasteiger partial charge in [0.2, 0.25) is 11.8 Å². The molecule has 1 heterocycles. The van der Waals surface area contributed by atoms with E-state index < -0.39 is 0 Å². The Morgan fingerprint density at radius 1 is 0.935 bits per heavy atom. The molecule has 1 aromatic heterocycles. The van der Waals surface area contributed by atoms with Crippen molar-refractivity contribution in [2.75, 3.05) is 10.6 Å². The molecule has 4 rings (SSSR count). The molecule has 31 heavy (non-hydrogen) atoms. The lowest BCUT2D eigenvalue weighted by Gasteiger charge is -2.25. The van der Waals surface area contributed by atoms with Crippen LogP contribution >= 0.6 is 0 Å². The van der Waals surface area contributed by atoms with Crippen LogP contribution in [0.1, 0.15) is 62.7 Å². The number of aromatic nitrogens is 2. The van der Waals surface area contributed by atoms with Crippen LogP contribution in [-0.4, -0.2) is 20.9 Å². The molecule has 1 aromatic carbocycles. The van der Waals surface area contributed by atoms with Crippen molar-refractivity contribution in [2.45, 2.75) is 70.9 Å². The van der Waals surface area contributed by atoms with Gasteiger partial charge < -0.3 is 10.6 Å². The maximum Gasteiger partial charge on any atom is 0.331 e. The van der Waals surface area contributed by atoms with Crippen LogP contribution in [-0.2, 0) is 29.0 Å². The van der Waals surface area contributed by atoms with E-state index in [2.05, 4.69) is 10.6 Å². The van der Waals surface area contributed by atoms with Gasteiger partial charge in [0.05, 0.1) is 0 Å². The Labute approximate surface area is 180 Å². The molecule has 8 nitrogen and oxygen atoms in total. The van der Waals surface area contributed by atoms with E-state index >= 15 is 0 Å². The lowest BCUT2D eigenvalue weighted by molar-refractivity contribution is -0.117. The number of nitrogens with zero attached hydrogens (tertiary/aromatic N) is 2. The minimum absolute atomic E-state index is 0.0738. The lowest BCUT2D eigenvalue weighted by atomic mass is 9.95. The SMILES string of the molecule is CC(=O)Nc1ccc(NC(=O)Cn2c3c(c(=O)n(C4CCCCC4)c2=O)CCC3)cc1. The van der Waals surface area contributed by atoms with E-state index in [1.807, 2.05) is 0 Å². The third-order valence-corrected chi connectivity index (χ3v) is 6.16. The zero-order chi connectivity index (χ0) is 22.0. The molecule has 1 fully saturated rings. The molecule has 8 heteroatoms. The van der Waals surface area contributed by atoms with Gasteiger partial charge in [0.1, 0.15) is 6.54 Å². The highest BCUT2D eigenvalue weighted by Crippen LogP contribution is 2.27. The Morgan fingerprint density at radius 3 is 2.23 bits per heavy atom. The zero-order valence-corrected chi connectivity index (χ0v) is 17.8. The third-order valence-electron chi connectivity index (χ3n) is 6.16. The van der Waals surface area contributed by atoms with E-state index in [1.165, 1.54) is 16.1 Å². The fourth-order valence-electron chi connectivity index (χ4n) is 4.74. The van der Waals surface area contributed by atoms with E-state index in [9.17, 15) is 19.2 Å². The predicted octanol–water partition coefficient (Wildman–Crippen LogP) is 2.60. The number of hydrogen-bond acceptors (Lipinski definition) is 4. The van der Waals surface area contributed by atoms with E-state index in [-0.39, 0.29) is 35.6 Å². The summed E-state index contributed by atoms with van der Waals surface area (Å²) in [5.74, 6) is -0.490. The molecule has 0 bridgehead atoms. The first-order chi connectivity index (χ1) is 14.9. The molecule has 0 saturated heterocycles. The number of nitrogens with one attached hydrogen (secondary N) is 2. The van der Waals surface area contributed by atoms with Crippen molar-refractivity contribution in [1.82, 2.24) is 9.13 Å². The molecule has 0 aliphatic heterocycles. The summed E-state index contributed by atoms with van der Waals surface area (Å²) >= 11 is 0. The fraction of sp³-hybridized carbons (Fsp3) is 0.478. The Balaban J connectivity index is 1.58. The van der Waals surface area contributed by atoms with E-state index in [4.69, 9.17) is 0 Å². The normalized spacial score (nSPS) is 16.0. The number of carbonyl (C=O) groups excluding carboxylic acids is 2. The highest BCUT2D eigenvalue weighted by molar-refractivity contribution is 5.92. The highest BCUT2D eigenvalue weighted by atomic mass is 16.2. The van der Waals surface area contributed by atoms with E-state index in [0.29, 0.717) is 35.5 Å². The largest absolute Gasteiger partial charge is 0.331 e. The predicted molar refractivity (Wildman–Crippen MR) is 118 cm³/mol. The summed E-state index contributed by atoms with van der Waals surface area (Å²) < 4.78 is 2.91. The summed E-state index contributed by atoms with van der Waals surface area (Å²) in [7, 11) is 0. The van der Waals surface area contributed by atoms with Crippen LogP contribution in [0.4, 0.5) is 11.4 Å². The topological polar surface area (TPSA) is 102 Å². The van der Waals surface area contributed by atoms with Crippen LogP contribution in [0.25, 0.3) is 0 Å². The maximum absolute atomic E-state index is 13.3. The van der Waals surface area contributed by atoms with Gasteiger partial charge in [-0.25, -0.2) is 4.79 Å². The fourth-order valence-corrected chi connectivity index (χ4v) is 4.74. The summed E-state index contributed by atoms with van der Waals surface area (Å²) in [6.07, 6.45) is 6.96. The van der Waals surface area contributed by atoms with Crippen LogP contribution in [0.3, 0.4) is 0 Å². The highest BCUT2D eigenvalue weighted by Gasteiger charge is 2.27. The first-order valence-electron chi connectivity index (χ1n) is 11.0. The molecule has 2 aromatic rings. The molecular formula is C23H28N4O4. The van der Waals surface area contributed by atoms with Gasteiger partial charge in [-0.05, 0) is 56.4 Å². The second-order valence-electron chi connectivity index (χ2n) is 8.42. The molecule has 0 unspecified atom stereocenters. The van der Waals surface area contributed by atoms with Crippen molar-refractivity contribution in [3.8, 4) is 0 Å². The Morgan fingerprint density at radius 2 is 1.58 bits per heavy atom. The number of amides is 2. The zero-order valence-electron chi connectivity index (χ0n) is 17.8. The van der Waals surface area contributed by atoms with Gasteiger partial charge in [0.15, 0.2) is 0 Å². The van der Waals surface area contributed by atoms with Crippen LogP contribution < -0.4 is 21.9 Å².